The van der Waals surface area contributed by atoms with Crippen molar-refractivity contribution in [2.24, 2.45) is 4.99 Å². The van der Waals surface area contributed by atoms with E-state index in [9.17, 15) is 0 Å². The van der Waals surface area contributed by atoms with Crippen LogP contribution >= 0.6 is 0 Å². The van der Waals surface area contributed by atoms with Crippen molar-refractivity contribution in [3.05, 3.63) is 137 Å². The number of anilines is 3. The van der Waals surface area contributed by atoms with Crippen molar-refractivity contribution in [1.29, 1.82) is 0 Å². The first kappa shape index (κ1) is 39.5. The molecule has 5 aromatic carbocycles. The zero-order valence-electron chi connectivity index (χ0n) is 33.5. The second-order valence-electron chi connectivity index (χ2n) is 15.5. The molecule has 9 heteroatoms. The number of aryl methyl sites for hydroxylation is 3. The van der Waals surface area contributed by atoms with Crippen LogP contribution in [0, 0.1) is 20.8 Å². The summed E-state index contributed by atoms with van der Waals surface area (Å²) in [6.07, 6.45) is 11.8. The van der Waals surface area contributed by atoms with Crippen LogP contribution in [0.5, 0.6) is 0 Å². The van der Waals surface area contributed by atoms with E-state index in [2.05, 4.69) is 145 Å². The number of quaternary nitrogens is 1. The van der Waals surface area contributed by atoms with Crippen LogP contribution in [0.15, 0.2) is 125 Å². The van der Waals surface area contributed by atoms with E-state index in [1.54, 1.807) is 0 Å². The number of benzene rings is 5. The first-order valence-corrected chi connectivity index (χ1v) is 20.2. The Labute approximate surface area is 342 Å². The molecule has 0 spiro atoms. The first-order valence-electron chi connectivity index (χ1n) is 20.2. The van der Waals surface area contributed by atoms with Gasteiger partial charge in [-0.25, -0.2) is 9.98 Å². The van der Waals surface area contributed by atoms with E-state index in [1.807, 2.05) is 6.92 Å². The number of para-hydroxylation sites is 2. The van der Waals surface area contributed by atoms with Crippen LogP contribution < -0.4 is 44.0 Å². The molecule has 6 aromatic rings. The van der Waals surface area contributed by atoms with E-state index in [0.29, 0.717) is 0 Å². The average Bonchev–Trinajstić information content (AvgIpc) is 3.19. The van der Waals surface area contributed by atoms with Crippen LogP contribution in [0.25, 0.3) is 27.8 Å². The quantitative estimate of drug-likeness (QED) is 0.0432. The Morgan fingerprint density at radius 2 is 1.26 bits per heavy atom. The van der Waals surface area contributed by atoms with Crippen molar-refractivity contribution in [2.75, 3.05) is 29.9 Å². The van der Waals surface area contributed by atoms with Gasteiger partial charge in [0.25, 0.3) is 0 Å². The second kappa shape index (κ2) is 17.2. The highest BCUT2D eigenvalue weighted by Crippen LogP contribution is 2.34. The fraction of sp³-hybridized carbons (Fsp3) is 0.271. The molecule has 1 aliphatic heterocycles. The molecule has 8 nitrogen and oxygen atoms in total. The van der Waals surface area contributed by atoms with Crippen LogP contribution in [0.4, 0.5) is 34.1 Å². The molecule has 57 heavy (non-hydrogen) atoms. The Kier molecular flexibility index (Phi) is 11.9. The maximum Gasteiger partial charge on any atom is 0.239 e. The summed E-state index contributed by atoms with van der Waals surface area (Å²) in [7, 11) is 0. The number of rotatable bonds is 13. The summed E-state index contributed by atoms with van der Waals surface area (Å²) >= 11 is 0. The van der Waals surface area contributed by atoms with Gasteiger partial charge in [-0.3, -0.25) is 4.90 Å². The van der Waals surface area contributed by atoms with Crippen molar-refractivity contribution in [2.45, 2.75) is 72.3 Å². The van der Waals surface area contributed by atoms with Gasteiger partial charge in [0.1, 0.15) is 28.1 Å². The molecule has 0 fully saturated rings. The molecule has 1 aliphatic carbocycles. The lowest BCUT2D eigenvalue weighted by molar-refractivity contribution is -0.770. The van der Waals surface area contributed by atoms with Crippen molar-refractivity contribution < 1.29 is 21.9 Å². The van der Waals surface area contributed by atoms with E-state index in [0.717, 1.165) is 99.0 Å². The summed E-state index contributed by atoms with van der Waals surface area (Å²) < 4.78 is 2.29. The molecule has 7 N–H and O–H groups in total. The number of fused-ring (bicyclic) bond motifs is 4. The molecule has 2 heterocycles. The number of unbranched alkanes of at least 4 members (excludes halogenated alkanes) is 5. The minimum atomic E-state index is 0. The number of aliphatic imine (C=N–C) groups is 1. The summed E-state index contributed by atoms with van der Waals surface area (Å²) in [6, 6.07) is 34.1. The van der Waals surface area contributed by atoms with Crippen molar-refractivity contribution in [3.8, 4) is 5.69 Å². The monoisotopic (exact) mass is 777 g/mol. The molecule has 292 valence electrons. The third-order valence-electron chi connectivity index (χ3n) is 11.4. The molecule has 2 unspecified atom stereocenters. The second-order valence-corrected chi connectivity index (χ2v) is 15.5. The summed E-state index contributed by atoms with van der Waals surface area (Å²) in [5, 5.41) is 7.52. The number of halogens is 1. The number of hydrogen-bond donors (Lipinski definition) is 5. The predicted molar refractivity (Wildman–Crippen MR) is 234 cm³/mol. The number of allylic oxidation sites excluding steroid dienone is 1. The van der Waals surface area contributed by atoms with Crippen molar-refractivity contribution >= 4 is 61.9 Å². The predicted octanol–water partition coefficient (Wildman–Crippen LogP) is 5.95. The van der Waals surface area contributed by atoms with Gasteiger partial charge < -0.3 is 34.5 Å². The number of hydrogen-bond acceptors (Lipinski definition) is 6. The van der Waals surface area contributed by atoms with Gasteiger partial charge in [0, 0.05) is 72.3 Å². The highest BCUT2D eigenvalue weighted by Gasteiger charge is 2.37. The summed E-state index contributed by atoms with van der Waals surface area (Å²) in [4.78, 5) is 11.5. The standard InChI is InChI=1S/C48H52N8.ClH/c1-31-23-41-45(27-37(31)49)55(35-17-11-9-12-18-35)47-29-39(33(3)25-43(47)53-41)51-21-15-7-5-6-8-16-22-52-40-30-48-44(26-34(40)4)54-42-24-32(2)38(50)28-46(42)56(48)36-19-13-10-14-20-36;/h9-14,17-20,23-30,47,51H,5-8,15-16,21-22,49H2,1-4H3,(H2,50,52);1H/p+1. The van der Waals surface area contributed by atoms with E-state index in [-0.39, 0.29) is 18.4 Å². The number of nitrogens with two attached hydrogens (primary N) is 2. The molecule has 8 rings (SSSR count). The fourth-order valence-corrected chi connectivity index (χ4v) is 8.21. The fourth-order valence-electron chi connectivity index (χ4n) is 8.21. The summed E-state index contributed by atoms with van der Waals surface area (Å²) in [5.41, 5.74) is 30.8. The Morgan fingerprint density at radius 1 is 0.667 bits per heavy atom. The average molecular weight is 778 g/mol. The lowest BCUT2D eigenvalue weighted by atomic mass is 9.93. The van der Waals surface area contributed by atoms with Crippen molar-refractivity contribution in [1.82, 2.24) is 10.3 Å². The van der Waals surface area contributed by atoms with Gasteiger partial charge in [0.15, 0.2) is 11.7 Å². The Balaban J connectivity index is 0.00000496. The van der Waals surface area contributed by atoms with E-state index in [4.69, 9.17) is 21.4 Å². The lowest BCUT2D eigenvalue weighted by Crippen LogP contribution is -3.08. The van der Waals surface area contributed by atoms with Gasteiger partial charge in [0.05, 0.1) is 0 Å². The summed E-state index contributed by atoms with van der Waals surface area (Å²) in [6.45, 7) is 10.3. The zero-order chi connectivity index (χ0) is 38.8. The molecule has 0 saturated heterocycles. The van der Waals surface area contributed by atoms with Crippen LogP contribution in [-0.4, -0.2) is 29.8 Å². The van der Waals surface area contributed by atoms with Crippen LogP contribution in [0.3, 0.4) is 0 Å². The number of aromatic nitrogens is 2. The molecule has 0 bridgehead atoms. The van der Waals surface area contributed by atoms with E-state index >= 15 is 0 Å². The Morgan fingerprint density at radius 3 is 1.98 bits per heavy atom. The van der Waals surface area contributed by atoms with Gasteiger partial charge in [-0.1, -0.05) is 62.1 Å². The van der Waals surface area contributed by atoms with Gasteiger partial charge in [-0.15, -0.1) is 4.57 Å². The number of nitrogens with one attached hydrogen (secondary N) is 3. The zero-order valence-corrected chi connectivity index (χ0v) is 34.3. The van der Waals surface area contributed by atoms with Gasteiger partial charge in [0.2, 0.25) is 16.7 Å². The lowest BCUT2D eigenvalue weighted by Gasteiger charge is -2.33. The SMILES string of the molecule is CC1=CC2=Nc3cc(C)c(N)cc3[NH+](c3ccccc3)C2C=C1NCCCCCCCCNc1cc2c(cc1C)nc1cc(C)c(N)cc1[n+]2-c1ccccc1.[Cl-]. The molecule has 0 radical (unpaired) electrons. The largest absolute Gasteiger partial charge is 1.00 e. The third-order valence-corrected chi connectivity index (χ3v) is 11.4. The molecule has 1 aromatic heterocycles. The summed E-state index contributed by atoms with van der Waals surface area (Å²) in [5.74, 6) is 0. The molecule has 2 aliphatic rings. The van der Waals surface area contributed by atoms with Crippen LogP contribution in [0.2, 0.25) is 0 Å². The number of nitrogen functional groups attached to an aromatic ring is 2. The van der Waals surface area contributed by atoms with Crippen LogP contribution in [0.1, 0.15) is 62.1 Å². The Hall–Kier alpha value is -5.70. The molecule has 0 amide bonds. The highest BCUT2D eigenvalue weighted by molar-refractivity contribution is 6.05. The molecular weight excluding hydrogens is 724 g/mol. The normalized spacial score (nSPS) is 15.9. The smallest absolute Gasteiger partial charge is 0.239 e. The van der Waals surface area contributed by atoms with Gasteiger partial charge in [-0.05, 0) is 99.2 Å². The highest BCUT2D eigenvalue weighted by atomic mass is 35.5. The van der Waals surface area contributed by atoms with Gasteiger partial charge >= 0.3 is 0 Å². The van der Waals surface area contributed by atoms with Gasteiger partial charge in [-0.2, -0.15) is 0 Å². The molecule has 0 saturated carbocycles. The molecular formula is C48H54ClN8+. The topological polar surface area (TPSA) is 110 Å². The minimum Gasteiger partial charge on any atom is -1.00 e. The molecule has 2 atom stereocenters. The maximum atomic E-state index is 6.42. The van der Waals surface area contributed by atoms with E-state index in [1.165, 1.54) is 53.1 Å². The third kappa shape index (κ3) is 8.24. The van der Waals surface area contributed by atoms with Crippen LogP contribution in [-0.2, 0) is 0 Å². The van der Waals surface area contributed by atoms with E-state index < -0.39 is 0 Å². The van der Waals surface area contributed by atoms with Crippen molar-refractivity contribution in [3.63, 3.8) is 0 Å². The first-order chi connectivity index (χ1) is 27.2. The minimum absolute atomic E-state index is 0. The maximum absolute atomic E-state index is 6.42. The Bertz CT molecular complexity index is 2510. The number of nitrogens with zero attached hydrogens (tertiary/aromatic N) is 3.